The molecular weight excluding hydrogens is 212 g/mol. The average molecular weight is 242 g/mol. The first kappa shape index (κ1) is 16.6. The monoisotopic (exact) mass is 242 g/mol. The van der Waals surface area contributed by atoms with Crippen molar-refractivity contribution in [2.24, 2.45) is 11.7 Å². The maximum Gasteiger partial charge on any atom is 0.0589 e. The zero-order valence-electron chi connectivity index (χ0n) is 11.7. The van der Waals surface area contributed by atoms with Gasteiger partial charge in [-0.05, 0) is 38.3 Å². The van der Waals surface area contributed by atoms with Crippen LogP contribution >= 0.6 is 0 Å². The fourth-order valence-electron chi connectivity index (χ4n) is 2.09. The summed E-state index contributed by atoms with van der Waals surface area (Å²) in [5.74, 6) is 0.799. The van der Waals surface area contributed by atoms with Gasteiger partial charge in [-0.15, -0.1) is 6.58 Å². The average Bonchev–Trinajstić information content (AvgIpc) is 2.34. The van der Waals surface area contributed by atoms with Crippen LogP contribution in [0.5, 0.6) is 0 Å². The molecule has 0 aliphatic rings. The van der Waals surface area contributed by atoms with Crippen LogP contribution in [0.15, 0.2) is 12.7 Å². The Morgan fingerprint density at radius 2 is 2.12 bits per heavy atom. The van der Waals surface area contributed by atoms with Gasteiger partial charge in [-0.3, -0.25) is 4.90 Å². The van der Waals surface area contributed by atoms with Gasteiger partial charge in [-0.1, -0.05) is 19.4 Å². The van der Waals surface area contributed by atoms with Crippen LogP contribution < -0.4 is 5.73 Å². The molecule has 17 heavy (non-hydrogen) atoms. The van der Waals surface area contributed by atoms with E-state index in [2.05, 4.69) is 18.4 Å². The molecule has 1 atom stereocenters. The van der Waals surface area contributed by atoms with Crippen LogP contribution in [0.2, 0.25) is 0 Å². The van der Waals surface area contributed by atoms with Gasteiger partial charge in [-0.25, -0.2) is 0 Å². The van der Waals surface area contributed by atoms with Crippen molar-refractivity contribution in [3.63, 3.8) is 0 Å². The zero-order valence-corrected chi connectivity index (χ0v) is 11.7. The number of rotatable bonds is 12. The van der Waals surface area contributed by atoms with E-state index in [0.717, 1.165) is 45.1 Å². The number of methoxy groups -OCH3 is 1. The molecule has 1 unspecified atom stereocenters. The van der Waals surface area contributed by atoms with Gasteiger partial charge in [0.2, 0.25) is 0 Å². The Morgan fingerprint density at radius 1 is 1.35 bits per heavy atom. The van der Waals surface area contributed by atoms with Gasteiger partial charge in [0.05, 0.1) is 6.61 Å². The third kappa shape index (κ3) is 9.33. The van der Waals surface area contributed by atoms with Gasteiger partial charge in [0.25, 0.3) is 0 Å². The molecule has 0 aromatic heterocycles. The van der Waals surface area contributed by atoms with E-state index in [1.807, 2.05) is 6.08 Å². The largest absolute Gasteiger partial charge is 0.383 e. The second-order valence-electron chi connectivity index (χ2n) is 4.58. The summed E-state index contributed by atoms with van der Waals surface area (Å²) in [5, 5.41) is 0. The van der Waals surface area contributed by atoms with E-state index < -0.39 is 0 Å². The molecule has 0 radical (unpaired) electrons. The van der Waals surface area contributed by atoms with E-state index in [9.17, 15) is 0 Å². The van der Waals surface area contributed by atoms with Crippen LogP contribution in [0.3, 0.4) is 0 Å². The summed E-state index contributed by atoms with van der Waals surface area (Å²) < 4.78 is 5.11. The molecule has 0 spiro atoms. The quantitative estimate of drug-likeness (QED) is 0.534. The molecule has 0 aromatic carbocycles. The lowest BCUT2D eigenvalue weighted by Crippen LogP contribution is -2.29. The van der Waals surface area contributed by atoms with Crippen LogP contribution in [0, 0.1) is 5.92 Å². The summed E-state index contributed by atoms with van der Waals surface area (Å²) in [4.78, 5) is 2.39. The van der Waals surface area contributed by atoms with Crippen LogP contribution in [0.4, 0.5) is 0 Å². The third-order valence-corrected chi connectivity index (χ3v) is 3.24. The standard InChI is InChI=1S/C14H30N2O/c1-4-10-16(12-13-17-3)11-6-7-14(5-2)8-9-15/h4,14H,1,5-13,15H2,2-3H3. The molecule has 0 aliphatic heterocycles. The summed E-state index contributed by atoms with van der Waals surface area (Å²) in [5.41, 5.74) is 5.61. The van der Waals surface area contributed by atoms with E-state index in [4.69, 9.17) is 10.5 Å². The topological polar surface area (TPSA) is 38.5 Å². The van der Waals surface area contributed by atoms with E-state index in [1.165, 1.54) is 19.3 Å². The Kier molecular flexibility index (Phi) is 11.8. The molecule has 2 N–H and O–H groups in total. The third-order valence-electron chi connectivity index (χ3n) is 3.24. The predicted octanol–water partition coefficient (Wildman–Crippen LogP) is 2.28. The first-order valence-electron chi connectivity index (χ1n) is 6.80. The van der Waals surface area contributed by atoms with Crippen molar-refractivity contribution < 1.29 is 4.74 Å². The SMILES string of the molecule is C=CCN(CCCC(CC)CCN)CCOC. The smallest absolute Gasteiger partial charge is 0.0589 e. The summed E-state index contributed by atoms with van der Waals surface area (Å²) >= 11 is 0. The number of nitrogens with zero attached hydrogens (tertiary/aromatic N) is 1. The minimum atomic E-state index is 0.799. The molecule has 0 saturated heterocycles. The molecule has 0 saturated carbocycles. The second-order valence-corrected chi connectivity index (χ2v) is 4.58. The van der Waals surface area contributed by atoms with Gasteiger partial charge >= 0.3 is 0 Å². The maximum atomic E-state index is 5.61. The highest BCUT2D eigenvalue weighted by atomic mass is 16.5. The molecule has 0 amide bonds. The van der Waals surface area contributed by atoms with Crippen LogP contribution in [0.1, 0.15) is 32.6 Å². The molecular formula is C14H30N2O. The van der Waals surface area contributed by atoms with Crippen molar-refractivity contribution in [2.45, 2.75) is 32.6 Å². The summed E-state index contributed by atoms with van der Waals surface area (Å²) in [6.45, 7) is 10.8. The minimum absolute atomic E-state index is 0.799. The lowest BCUT2D eigenvalue weighted by Gasteiger charge is -2.21. The highest BCUT2D eigenvalue weighted by Crippen LogP contribution is 2.14. The Hall–Kier alpha value is -0.380. The fourth-order valence-corrected chi connectivity index (χ4v) is 2.09. The van der Waals surface area contributed by atoms with Crippen molar-refractivity contribution >= 4 is 0 Å². The van der Waals surface area contributed by atoms with Gasteiger partial charge in [0.1, 0.15) is 0 Å². The molecule has 3 heteroatoms. The van der Waals surface area contributed by atoms with Crippen molar-refractivity contribution in [2.75, 3.05) is 39.9 Å². The van der Waals surface area contributed by atoms with Crippen molar-refractivity contribution in [1.29, 1.82) is 0 Å². The Labute approximate surface area is 107 Å². The molecule has 0 aliphatic carbocycles. The molecule has 0 aromatic rings. The van der Waals surface area contributed by atoms with E-state index in [-0.39, 0.29) is 0 Å². The van der Waals surface area contributed by atoms with Crippen LogP contribution in [-0.2, 0) is 4.74 Å². The number of ether oxygens (including phenoxy) is 1. The summed E-state index contributed by atoms with van der Waals surface area (Å²) in [6, 6.07) is 0. The normalized spacial score (nSPS) is 12.9. The lowest BCUT2D eigenvalue weighted by molar-refractivity contribution is 0.152. The van der Waals surface area contributed by atoms with Crippen molar-refractivity contribution in [3.05, 3.63) is 12.7 Å². The van der Waals surface area contributed by atoms with Gasteiger partial charge in [-0.2, -0.15) is 0 Å². The molecule has 0 bridgehead atoms. The Morgan fingerprint density at radius 3 is 2.65 bits per heavy atom. The highest BCUT2D eigenvalue weighted by molar-refractivity contribution is 4.73. The van der Waals surface area contributed by atoms with E-state index in [1.54, 1.807) is 7.11 Å². The van der Waals surface area contributed by atoms with Gasteiger partial charge < -0.3 is 10.5 Å². The molecule has 0 fully saturated rings. The highest BCUT2D eigenvalue weighted by Gasteiger charge is 2.07. The number of nitrogens with two attached hydrogens (primary N) is 1. The summed E-state index contributed by atoms with van der Waals surface area (Å²) in [7, 11) is 1.75. The van der Waals surface area contributed by atoms with Gasteiger partial charge in [0, 0.05) is 20.2 Å². The number of hydrogen-bond acceptors (Lipinski definition) is 3. The fraction of sp³-hybridized carbons (Fsp3) is 0.857. The van der Waals surface area contributed by atoms with E-state index >= 15 is 0 Å². The molecule has 0 rings (SSSR count). The minimum Gasteiger partial charge on any atom is -0.383 e. The second kappa shape index (κ2) is 12.1. The predicted molar refractivity (Wildman–Crippen MR) is 75.2 cm³/mol. The van der Waals surface area contributed by atoms with E-state index in [0.29, 0.717) is 0 Å². The lowest BCUT2D eigenvalue weighted by atomic mass is 9.96. The van der Waals surface area contributed by atoms with Gasteiger partial charge in [0.15, 0.2) is 0 Å². The first-order valence-corrected chi connectivity index (χ1v) is 6.80. The van der Waals surface area contributed by atoms with Crippen LogP contribution in [0.25, 0.3) is 0 Å². The van der Waals surface area contributed by atoms with Crippen molar-refractivity contribution in [1.82, 2.24) is 4.90 Å². The molecule has 102 valence electrons. The Bertz CT molecular complexity index is 174. The van der Waals surface area contributed by atoms with Crippen molar-refractivity contribution in [3.8, 4) is 0 Å². The molecule has 0 heterocycles. The Balaban J connectivity index is 3.74. The van der Waals surface area contributed by atoms with Crippen LogP contribution in [-0.4, -0.2) is 44.8 Å². The summed E-state index contributed by atoms with van der Waals surface area (Å²) in [6.07, 6.45) is 6.91. The zero-order chi connectivity index (χ0) is 12.9. The maximum absolute atomic E-state index is 5.61. The number of hydrogen-bond donors (Lipinski definition) is 1. The molecule has 3 nitrogen and oxygen atoms in total. The first-order chi connectivity index (χ1) is 8.28.